The third-order valence-corrected chi connectivity index (χ3v) is 10.4. The first kappa shape index (κ1) is 17.6. The summed E-state index contributed by atoms with van der Waals surface area (Å²) in [6, 6.07) is 0.810. The number of nitrogens with zero attached hydrogens (tertiary/aromatic N) is 1. The van der Waals surface area contributed by atoms with Crippen molar-refractivity contribution in [2.45, 2.75) is 94.9 Å². The lowest BCUT2D eigenvalue weighted by Crippen LogP contribution is -2.88. The first-order chi connectivity index (χ1) is 14.2. The van der Waals surface area contributed by atoms with E-state index in [1.807, 2.05) is 7.11 Å². The third kappa shape index (κ3) is 2.02. The first-order valence-electron chi connectivity index (χ1n) is 12.3. The minimum Gasteiger partial charge on any atom is -0.375 e. The second-order valence-electron chi connectivity index (χ2n) is 11.1. The molecule has 1 amide bonds. The molecule has 5 fully saturated rings. The van der Waals surface area contributed by atoms with Gasteiger partial charge in [0.1, 0.15) is 6.04 Å². The van der Waals surface area contributed by atoms with E-state index in [1.165, 1.54) is 62.6 Å². The summed E-state index contributed by atoms with van der Waals surface area (Å²) in [6.45, 7) is 0. The van der Waals surface area contributed by atoms with Crippen molar-refractivity contribution in [2.75, 3.05) is 7.11 Å². The largest absolute Gasteiger partial charge is 0.375 e. The van der Waals surface area contributed by atoms with Crippen molar-refractivity contribution >= 4 is 5.91 Å². The van der Waals surface area contributed by atoms with Crippen LogP contribution >= 0.6 is 0 Å². The average Bonchev–Trinajstić information content (AvgIpc) is 3.09. The van der Waals surface area contributed by atoms with Gasteiger partial charge in [-0.25, -0.2) is 5.43 Å². The number of methoxy groups -OCH3 is 1. The van der Waals surface area contributed by atoms with E-state index in [9.17, 15) is 4.79 Å². The van der Waals surface area contributed by atoms with Crippen LogP contribution in [0.5, 0.6) is 0 Å². The van der Waals surface area contributed by atoms with Gasteiger partial charge in [0.15, 0.2) is 0 Å². The zero-order chi connectivity index (χ0) is 19.3. The Kier molecular flexibility index (Phi) is 3.64. The molecule has 5 nitrogen and oxygen atoms in total. The highest BCUT2D eigenvalue weighted by Gasteiger charge is 2.84. The van der Waals surface area contributed by atoms with Gasteiger partial charge in [0, 0.05) is 19.2 Å². The summed E-state index contributed by atoms with van der Waals surface area (Å²) >= 11 is 0. The molecular formula is C24H35N3O2. The van der Waals surface area contributed by atoms with Crippen molar-refractivity contribution in [1.29, 1.82) is 0 Å². The summed E-state index contributed by atoms with van der Waals surface area (Å²) in [5.74, 6) is 3.88. The minimum atomic E-state index is -0.172. The zero-order valence-corrected chi connectivity index (χ0v) is 17.7. The predicted octanol–water partition coefficient (Wildman–Crippen LogP) is 3.12. The number of hydrogen-bond donors (Lipinski definition) is 2. The molecule has 6 unspecified atom stereocenters. The minimum absolute atomic E-state index is 0.146. The number of hydrazine groups is 1. The Morgan fingerprint density at radius 2 is 1.83 bits per heavy atom. The van der Waals surface area contributed by atoms with Gasteiger partial charge in [0.25, 0.3) is 0 Å². The number of amides is 1. The van der Waals surface area contributed by atoms with Crippen LogP contribution in [0.25, 0.3) is 0 Å². The molecule has 7 aliphatic rings. The highest BCUT2D eigenvalue weighted by Crippen LogP contribution is 2.87. The van der Waals surface area contributed by atoms with Crippen molar-refractivity contribution in [3.63, 3.8) is 0 Å². The van der Waals surface area contributed by atoms with Gasteiger partial charge >= 0.3 is 0 Å². The van der Waals surface area contributed by atoms with Gasteiger partial charge in [0.05, 0.1) is 11.8 Å². The molecule has 0 saturated heterocycles. The topological polar surface area (TPSA) is 53.6 Å². The summed E-state index contributed by atoms with van der Waals surface area (Å²) in [4.78, 5) is 13.5. The van der Waals surface area contributed by atoms with Crippen LogP contribution in [0.1, 0.15) is 70.6 Å². The lowest BCUT2D eigenvalue weighted by Gasteiger charge is -2.88. The Hall–Kier alpha value is -1.07. The van der Waals surface area contributed by atoms with Gasteiger partial charge in [-0.1, -0.05) is 19.3 Å². The maximum atomic E-state index is 13.5. The Bertz CT molecular complexity index is 750. The van der Waals surface area contributed by atoms with E-state index >= 15 is 0 Å². The second kappa shape index (κ2) is 6.00. The van der Waals surface area contributed by atoms with Crippen molar-refractivity contribution < 1.29 is 9.53 Å². The molecule has 7 rings (SSSR count). The van der Waals surface area contributed by atoms with Crippen molar-refractivity contribution in [3.8, 4) is 0 Å². The molecule has 0 radical (unpaired) electrons. The van der Waals surface area contributed by atoms with Crippen LogP contribution in [0, 0.1) is 29.1 Å². The molecule has 0 aromatic rings. The molecule has 6 aliphatic carbocycles. The zero-order valence-electron chi connectivity index (χ0n) is 17.7. The van der Waals surface area contributed by atoms with Crippen molar-refractivity contribution in [1.82, 2.24) is 15.8 Å². The SMILES string of the molecule is COC1CCCC2=C1N(C1CCCCC1)NC2C(=O)NC1C2CC3CC4CC1C342. The molecule has 1 spiro atoms. The molecule has 1 aliphatic heterocycles. The smallest absolute Gasteiger partial charge is 0.243 e. The Morgan fingerprint density at radius 3 is 2.52 bits per heavy atom. The van der Waals surface area contributed by atoms with Crippen LogP contribution in [-0.2, 0) is 9.53 Å². The Balaban J connectivity index is 1.12. The standard InChI is InChI=1S/C24H35N3O2/c1-29-19-9-5-8-16-20(26-27(22(16)19)15-6-3-2-4-7-15)23(28)25-21-17-11-13-10-14-12-18(21)24(13,14)17/h13-15,17-21,26H,2-12H2,1H3,(H,25,28). The average molecular weight is 398 g/mol. The van der Waals surface area contributed by atoms with E-state index in [2.05, 4.69) is 15.8 Å². The predicted molar refractivity (Wildman–Crippen MR) is 109 cm³/mol. The van der Waals surface area contributed by atoms with Crippen LogP contribution in [0.2, 0.25) is 0 Å². The van der Waals surface area contributed by atoms with E-state index in [1.54, 1.807) is 0 Å². The van der Waals surface area contributed by atoms with Crippen LogP contribution in [0.15, 0.2) is 11.3 Å². The summed E-state index contributed by atoms with van der Waals surface area (Å²) in [5.41, 5.74) is 7.03. The summed E-state index contributed by atoms with van der Waals surface area (Å²) in [5, 5.41) is 5.93. The van der Waals surface area contributed by atoms with E-state index in [-0.39, 0.29) is 18.1 Å². The molecule has 0 bridgehead atoms. The fraction of sp³-hybridized carbons (Fsp3) is 0.875. The van der Waals surface area contributed by atoms with Crippen molar-refractivity contribution in [3.05, 3.63) is 11.3 Å². The number of ether oxygens (including phenoxy) is 1. The normalized spacial score (nSPS) is 49.7. The number of nitrogens with one attached hydrogen (secondary N) is 2. The quantitative estimate of drug-likeness (QED) is 0.765. The van der Waals surface area contributed by atoms with E-state index in [0.29, 0.717) is 17.5 Å². The molecule has 0 aromatic heterocycles. The van der Waals surface area contributed by atoms with E-state index in [4.69, 9.17) is 4.74 Å². The molecule has 5 heteroatoms. The van der Waals surface area contributed by atoms with E-state index < -0.39 is 0 Å². The maximum absolute atomic E-state index is 13.5. The molecule has 5 saturated carbocycles. The lowest BCUT2D eigenvalue weighted by atomic mass is 9.17. The first-order valence-corrected chi connectivity index (χ1v) is 12.3. The van der Waals surface area contributed by atoms with E-state index in [0.717, 1.165) is 42.9 Å². The highest BCUT2D eigenvalue weighted by atomic mass is 16.5. The summed E-state index contributed by atoms with van der Waals surface area (Å²) < 4.78 is 5.89. The fourth-order valence-electron chi connectivity index (χ4n) is 9.16. The van der Waals surface area contributed by atoms with Gasteiger partial charge in [-0.05, 0) is 86.0 Å². The fourth-order valence-corrected chi connectivity index (χ4v) is 9.16. The third-order valence-electron chi connectivity index (χ3n) is 10.4. The molecule has 29 heavy (non-hydrogen) atoms. The molecule has 6 atom stereocenters. The van der Waals surface area contributed by atoms with Crippen LogP contribution in [-0.4, -0.2) is 42.3 Å². The molecular weight excluding hydrogens is 362 g/mol. The monoisotopic (exact) mass is 397 g/mol. The van der Waals surface area contributed by atoms with Gasteiger partial charge < -0.3 is 15.1 Å². The Morgan fingerprint density at radius 1 is 1.07 bits per heavy atom. The number of carbonyl (C=O) groups is 1. The number of rotatable bonds is 4. The number of hydrogen-bond acceptors (Lipinski definition) is 4. The highest BCUT2D eigenvalue weighted by molar-refractivity contribution is 5.86. The lowest BCUT2D eigenvalue weighted by molar-refractivity contribution is -0.390. The molecule has 2 N–H and O–H groups in total. The van der Waals surface area contributed by atoms with Gasteiger partial charge in [-0.15, -0.1) is 0 Å². The van der Waals surface area contributed by atoms with Crippen LogP contribution in [0.4, 0.5) is 0 Å². The second-order valence-corrected chi connectivity index (χ2v) is 11.1. The molecule has 1 heterocycles. The number of carbonyl (C=O) groups excluding carboxylic acids is 1. The summed E-state index contributed by atoms with van der Waals surface area (Å²) in [7, 11) is 1.83. The van der Waals surface area contributed by atoms with Gasteiger partial charge in [-0.2, -0.15) is 0 Å². The van der Waals surface area contributed by atoms with Gasteiger partial charge in [-0.3, -0.25) is 4.79 Å². The maximum Gasteiger partial charge on any atom is 0.243 e. The summed E-state index contributed by atoms with van der Waals surface area (Å²) in [6.07, 6.45) is 14.0. The Labute approximate surface area is 174 Å². The molecule has 0 aromatic carbocycles. The van der Waals surface area contributed by atoms with Crippen molar-refractivity contribution in [2.24, 2.45) is 29.1 Å². The molecule has 158 valence electrons. The van der Waals surface area contributed by atoms with Crippen LogP contribution < -0.4 is 10.7 Å². The van der Waals surface area contributed by atoms with Gasteiger partial charge in [0.2, 0.25) is 5.91 Å². The van der Waals surface area contributed by atoms with Crippen LogP contribution in [0.3, 0.4) is 0 Å².